The number of aromatic nitrogens is 1. The maximum Gasteiger partial charge on any atom is 0.311 e. The molecule has 2 amide bonds. The highest BCUT2D eigenvalue weighted by molar-refractivity contribution is 5.97. The van der Waals surface area contributed by atoms with Crippen molar-refractivity contribution in [3.8, 4) is 0 Å². The van der Waals surface area contributed by atoms with Crippen molar-refractivity contribution in [1.82, 2.24) is 14.8 Å². The molecule has 0 bridgehead atoms. The summed E-state index contributed by atoms with van der Waals surface area (Å²) in [5.41, 5.74) is 2.96. The van der Waals surface area contributed by atoms with Crippen molar-refractivity contribution in [1.29, 1.82) is 0 Å². The second-order valence-corrected chi connectivity index (χ2v) is 8.00. The van der Waals surface area contributed by atoms with E-state index in [1.54, 1.807) is 21.9 Å². The molecule has 0 unspecified atom stereocenters. The predicted molar refractivity (Wildman–Crippen MR) is 110 cm³/mol. The molecule has 0 aliphatic carbocycles. The van der Waals surface area contributed by atoms with Crippen molar-refractivity contribution in [2.75, 3.05) is 20.2 Å². The third-order valence-corrected chi connectivity index (χ3v) is 5.91. The number of hydrogen-bond acceptors (Lipinski definition) is 5. The van der Waals surface area contributed by atoms with E-state index in [-0.39, 0.29) is 36.4 Å². The first-order valence-corrected chi connectivity index (χ1v) is 10.1. The molecule has 0 spiro atoms. The van der Waals surface area contributed by atoms with Crippen LogP contribution in [-0.4, -0.2) is 58.8 Å². The number of fused-ring (bicyclic) bond motifs is 1. The zero-order valence-corrected chi connectivity index (χ0v) is 17.4. The molecule has 2 aromatic rings. The van der Waals surface area contributed by atoms with Crippen molar-refractivity contribution >= 4 is 17.8 Å². The summed E-state index contributed by atoms with van der Waals surface area (Å²) in [6.07, 6.45) is 0.468. The van der Waals surface area contributed by atoms with Gasteiger partial charge in [0.05, 0.1) is 25.1 Å². The summed E-state index contributed by atoms with van der Waals surface area (Å²) in [5.74, 6) is -1.12. The monoisotopic (exact) mass is 407 g/mol. The molecule has 2 aliphatic heterocycles. The fourth-order valence-corrected chi connectivity index (χ4v) is 4.76. The number of benzene rings is 1. The second-order valence-electron chi connectivity index (χ2n) is 8.00. The number of carbonyl (C=O) groups is 3. The van der Waals surface area contributed by atoms with Crippen molar-refractivity contribution in [3.05, 3.63) is 65.0 Å². The van der Waals surface area contributed by atoms with Crippen LogP contribution in [0.4, 0.5) is 0 Å². The van der Waals surface area contributed by atoms with E-state index in [1.807, 2.05) is 44.2 Å². The highest BCUT2D eigenvalue weighted by Gasteiger charge is 2.51. The first-order valence-electron chi connectivity index (χ1n) is 10.1. The van der Waals surface area contributed by atoms with Gasteiger partial charge in [0, 0.05) is 23.5 Å². The zero-order valence-electron chi connectivity index (χ0n) is 17.4. The maximum atomic E-state index is 13.2. The summed E-state index contributed by atoms with van der Waals surface area (Å²) in [6.45, 7) is 4.07. The van der Waals surface area contributed by atoms with E-state index in [2.05, 4.69) is 4.98 Å². The van der Waals surface area contributed by atoms with Gasteiger partial charge in [-0.3, -0.25) is 19.4 Å². The van der Waals surface area contributed by atoms with Crippen LogP contribution in [0.2, 0.25) is 0 Å². The van der Waals surface area contributed by atoms with E-state index >= 15 is 0 Å². The van der Waals surface area contributed by atoms with Gasteiger partial charge in [-0.05, 0) is 38.0 Å². The molecule has 0 radical (unpaired) electrons. The Balaban J connectivity index is 1.63. The molecular formula is C23H25N3O4. The van der Waals surface area contributed by atoms with Crippen molar-refractivity contribution in [2.45, 2.75) is 32.4 Å². The van der Waals surface area contributed by atoms with Crippen molar-refractivity contribution < 1.29 is 19.1 Å². The van der Waals surface area contributed by atoms with E-state index in [0.717, 1.165) is 17.0 Å². The largest absolute Gasteiger partial charge is 0.469 e. The average Bonchev–Trinajstić information content (AvgIpc) is 3.12. The number of pyridine rings is 1. The van der Waals surface area contributed by atoms with Gasteiger partial charge in [0.25, 0.3) is 5.91 Å². The Hall–Kier alpha value is -3.22. The van der Waals surface area contributed by atoms with Crippen LogP contribution in [-0.2, 0) is 14.3 Å². The van der Waals surface area contributed by atoms with Gasteiger partial charge < -0.3 is 14.5 Å². The van der Waals surface area contributed by atoms with E-state index in [4.69, 9.17) is 4.74 Å². The van der Waals surface area contributed by atoms with Crippen LogP contribution in [0.3, 0.4) is 0 Å². The molecular weight excluding hydrogens is 382 g/mol. The summed E-state index contributed by atoms with van der Waals surface area (Å²) in [4.78, 5) is 46.5. The maximum absolute atomic E-state index is 13.2. The van der Waals surface area contributed by atoms with Crippen LogP contribution < -0.4 is 0 Å². The quantitative estimate of drug-likeness (QED) is 0.730. The third kappa shape index (κ3) is 3.56. The number of methoxy groups -OCH3 is 1. The molecule has 30 heavy (non-hydrogen) atoms. The van der Waals surface area contributed by atoms with Crippen molar-refractivity contribution in [2.24, 2.45) is 5.92 Å². The lowest BCUT2D eigenvalue weighted by atomic mass is 9.93. The molecule has 3 atom stereocenters. The molecule has 0 N–H and O–H groups in total. The van der Waals surface area contributed by atoms with Crippen LogP contribution in [0.5, 0.6) is 0 Å². The molecule has 2 saturated heterocycles. The third-order valence-electron chi connectivity index (χ3n) is 5.91. The summed E-state index contributed by atoms with van der Waals surface area (Å²) < 4.78 is 5.03. The van der Waals surface area contributed by atoms with Gasteiger partial charge in [-0.2, -0.15) is 0 Å². The molecule has 7 nitrogen and oxygen atoms in total. The highest BCUT2D eigenvalue weighted by atomic mass is 16.5. The highest BCUT2D eigenvalue weighted by Crippen LogP contribution is 2.43. The summed E-state index contributed by atoms with van der Waals surface area (Å²) in [7, 11) is 1.37. The van der Waals surface area contributed by atoms with E-state index in [0.29, 0.717) is 18.5 Å². The van der Waals surface area contributed by atoms with Crippen LogP contribution >= 0.6 is 0 Å². The molecule has 0 saturated carbocycles. The number of piperazine rings is 1. The number of nitrogens with zero attached hydrogens (tertiary/aromatic N) is 3. The fraction of sp³-hybridized carbons (Fsp3) is 0.391. The minimum Gasteiger partial charge on any atom is -0.469 e. The predicted octanol–water partition coefficient (Wildman–Crippen LogP) is 2.29. The molecule has 156 valence electrons. The van der Waals surface area contributed by atoms with Crippen LogP contribution in [0.1, 0.15) is 39.8 Å². The van der Waals surface area contributed by atoms with E-state index < -0.39 is 5.92 Å². The number of amides is 2. The molecule has 3 heterocycles. The second kappa shape index (κ2) is 7.89. The number of rotatable bonds is 3. The van der Waals surface area contributed by atoms with Crippen molar-refractivity contribution in [3.63, 3.8) is 0 Å². The molecule has 2 fully saturated rings. The Labute approximate surface area is 175 Å². The van der Waals surface area contributed by atoms with Gasteiger partial charge in [-0.25, -0.2) is 0 Å². The summed E-state index contributed by atoms with van der Waals surface area (Å²) in [5, 5.41) is 0. The summed E-state index contributed by atoms with van der Waals surface area (Å²) >= 11 is 0. The van der Waals surface area contributed by atoms with Crippen LogP contribution in [0.25, 0.3) is 0 Å². The standard InChI is InChI=1S/C23H25N3O4/c1-14-9-17(10-15(2)24-14)22(28)25-12-18-11-19(23(29)30-3)21(26(18)20(27)13-25)16-7-5-4-6-8-16/h4-10,18-19,21H,11-13H2,1-3H3/t18-,19-,21-/m0/s1. The number of esters is 1. The first-order chi connectivity index (χ1) is 14.4. The van der Waals surface area contributed by atoms with Gasteiger partial charge in [-0.1, -0.05) is 30.3 Å². The number of hydrogen-bond donors (Lipinski definition) is 0. The molecule has 1 aromatic carbocycles. The fourth-order valence-electron chi connectivity index (χ4n) is 4.76. The first kappa shape index (κ1) is 20.1. The number of aryl methyl sites for hydroxylation is 2. The number of carbonyl (C=O) groups excluding carboxylic acids is 3. The Morgan fingerprint density at radius 2 is 1.77 bits per heavy atom. The van der Waals surface area contributed by atoms with Gasteiger partial charge in [0.15, 0.2) is 0 Å². The van der Waals surface area contributed by atoms with Crippen LogP contribution in [0.15, 0.2) is 42.5 Å². The average molecular weight is 407 g/mol. The molecule has 4 rings (SSSR count). The Morgan fingerprint density at radius 1 is 1.10 bits per heavy atom. The Bertz CT molecular complexity index is 971. The van der Waals surface area contributed by atoms with E-state index in [9.17, 15) is 14.4 Å². The Morgan fingerprint density at radius 3 is 2.40 bits per heavy atom. The van der Waals surface area contributed by atoms with Gasteiger partial charge in [0.2, 0.25) is 5.91 Å². The van der Waals surface area contributed by atoms with Gasteiger partial charge >= 0.3 is 5.97 Å². The minimum absolute atomic E-state index is 0.00697. The molecule has 7 heteroatoms. The SMILES string of the molecule is COC(=O)[C@H]1C[C@H]2CN(C(=O)c3cc(C)nc(C)c3)CC(=O)N2[C@H]1c1ccccc1. The molecule has 1 aromatic heterocycles. The lowest BCUT2D eigenvalue weighted by Crippen LogP contribution is -2.55. The van der Waals surface area contributed by atoms with Gasteiger partial charge in [0.1, 0.15) is 6.54 Å². The van der Waals surface area contributed by atoms with E-state index in [1.165, 1.54) is 7.11 Å². The zero-order chi connectivity index (χ0) is 21.4. The summed E-state index contributed by atoms with van der Waals surface area (Å²) in [6, 6.07) is 12.4. The number of ether oxygens (including phenoxy) is 1. The Kier molecular flexibility index (Phi) is 5.28. The lowest BCUT2D eigenvalue weighted by Gasteiger charge is -2.40. The van der Waals surface area contributed by atoms with Crippen LogP contribution in [0, 0.1) is 19.8 Å². The lowest BCUT2D eigenvalue weighted by molar-refractivity contribution is -0.147. The topological polar surface area (TPSA) is 79.8 Å². The minimum atomic E-state index is -0.452. The molecule has 2 aliphatic rings. The van der Waals surface area contributed by atoms with Gasteiger partial charge in [-0.15, -0.1) is 0 Å². The normalized spacial score (nSPS) is 23.3. The smallest absolute Gasteiger partial charge is 0.311 e.